The molecule has 2 aromatic rings. The summed E-state index contributed by atoms with van der Waals surface area (Å²) in [6.45, 7) is 0. The van der Waals surface area contributed by atoms with Crippen molar-refractivity contribution >= 4 is 5.91 Å². The molecule has 1 radical (unpaired) electrons. The van der Waals surface area contributed by atoms with Gasteiger partial charge in [0.1, 0.15) is 5.75 Å². The molecule has 0 aromatic heterocycles. The summed E-state index contributed by atoms with van der Waals surface area (Å²) < 4.78 is 5.03. The van der Waals surface area contributed by atoms with Crippen LogP contribution in [0.5, 0.6) is 5.75 Å². The van der Waals surface area contributed by atoms with E-state index in [4.69, 9.17) is 10.5 Å². The van der Waals surface area contributed by atoms with Gasteiger partial charge in [0.25, 0.3) is 0 Å². The zero-order chi connectivity index (χ0) is 12.3. The molecule has 0 saturated heterocycles. The van der Waals surface area contributed by atoms with Crippen molar-refractivity contribution < 1.29 is 9.53 Å². The Kier molecular flexibility index (Phi) is 3.10. The fourth-order valence-corrected chi connectivity index (χ4v) is 1.65. The molecule has 0 bridgehead atoms. The summed E-state index contributed by atoms with van der Waals surface area (Å²) in [4.78, 5) is 11.4. The summed E-state index contributed by atoms with van der Waals surface area (Å²) in [5.41, 5.74) is 7.39. The smallest absolute Gasteiger partial charge is 0.250 e. The third kappa shape index (κ3) is 2.28. The van der Waals surface area contributed by atoms with Crippen molar-refractivity contribution in [2.45, 2.75) is 0 Å². The highest BCUT2D eigenvalue weighted by Crippen LogP contribution is 2.26. The van der Waals surface area contributed by atoms with E-state index in [0.717, 1.165) is 11.1 Å². The standard InChI is InChI=1S/C14H12NO2/c1-17-11-7-8-12(13(9-11)14(15)16)10-5-3-2-4-6-10/h2-8H,1H3,(H2,15,16). The first kappa shape index (κ1) is 11.2. The van der Waals surface area contributed by atoms with Crippen LogP contribution in [0.1, 0.15) is 10.4 Å². The number of ether oxygens (including phenoxy) is 1. The molecule has 0 aliphatic heterocycles. The van der Waals surface area contributed by atoms with E-state index in [2.05, 4.69) is 6.07 Å². The minimum atomic E-state index is -0.511. The Morgan fingerprint density at radius 3 is 2.47 bits per heavy atom. The summed E-state index contributed by atoms with van der Waals surface area (Å²) >= 11 is 0. The summed E-state index contributed by atoms with van der Waals surface area (Å²) in [5.74, 6) is -0.0127. The zero-order valence-corrected chi connectivity index (χ0v) is 9.44. The Morgan fingerprint density at radius 2 is 1.88 bits per heavy atom. The highest BCUT2D eigenvalue weighted by atomic mass is 16.5. The van der Waals surface area contributed by atoms with Crippen molar-refractivity contribution in [1.82, 2.24) is 0 Å². The van der Waals surface area contributed by atoms with Gasteiger partial charge in [0.2, 0.25) is 5.91 Å². The van der Waals surface area contributed by atoms with Crippen LogP contribution in [0.3, 0.4) is 0 Å². The Labute approximate surface area is 99.8 Å². The van der Waals surface area contributed by atoms with Crippen LogP contribution in [-0.4, -0.2) is 13.0 Å². The first-order chi connectivity index (χ1) is 8.22. The van der Waals surface area contributed by atoms with Crippen LogP contribution in [0, 0.1) is 6.07 Å². The van der Waals surface area contributed by atoms with Gasteiger partial charge in [0, 0.05) is 6.07 Å². The lowest BCUT2D eigenvalue weighted by Gasteiger charge is -2.08. The fraction of sp³-hybridized carbons (Fsp3) is 0.0714. The van der Waals surface area contributed by atoms with Gasteiger partial charge in [0.15, 0.2) is 0 Å². The maximum Gasteiger partial charge on any atom is 0.250 e. The quantitative estimate of drug-likeness (QED) is 0.872. The van der Waals surface area contributed by atoms with Crippen LogP contribution in [0.15, 0.2) is 42.5 Å². The molecule has 0 saturated carbocycles. The number of methoxy groups -OCH3 is 1. The third-order valence-electron chi connectivity index (χ3n) is 2.47. The molecule has 0 aliphatic rings. The predicted molar refractivity (Wildman–Crippen MR) is 65.8 cm³/mol. The number of amides is 1. The van der Waals surface area contributed by atoms with Gasteiger partial charge in [-0.1, -0.05) is 30.3 Å². The van der Waals surface area contributed by atoms with Crippen LogP contribution in [0.4, 0.5) is 0 Å². The molecule has 2 rings (SSSR count). The number of carbonyl (C=O) groups excluding carboxylic acids is 1. The molecule has 0 spiro atoms. The first-order valence-corrected chi connectivity index (χ1v) is 5.18. The molecule has 0 heterocycles. The van der Waals surface area contributed by atoms with Crippen molar-refractivity contribution in [3.8, 4) is 16.9 Å². The van der Waals surface area contributed by atoms with Gasteiger partial charge < -0.3 is 10.5 Å². The lowest BCUT2D eigenvalue weighted by Crippen LogP contribution is -2.12. The molecule has 2 aromatic carbocycles. The van der Waals surface area contributed by atoms with Crippen LogP contribution in [0.25, 0.3) is 11.1 Å². The number of nitrogens with two attached hydrogens (primary N) is 1. The maximum atomic E-state index is 11.4. The summed E-state index contributed by atoms with van der Waals surface area (Å²) in [5, 5.41) is 0. The van der Waals surface area contributed by atoms with Crippen molar-refractivity contribution in [2.75, 3.05) is 7.11 Å². The van der Waals surface area contributed by atoms with Crippen LogP contribution < -0.4 is 10.5 Å². The van der Waals surface area contributed by atoms with E-state index in [9.17, 15) is 4.79 Å². The normalized spacial score (nSPS) is 9.94. The minimum absolute atomic E-state index is 0.343. The monoisotopic (exact) mass is 226 g/mol. The topological polar surface area (TPSA) is 52.3 Å². The molecule has 0 aliphatic carbocycles. The highest BCUT2D eigenvalue weighted by molar-refractivity contribution is 6.00. The van der Waals surface area contributed by atoms with E-state index >= 15 is 0 Å². The Bertz CT molecular complexity index is 535. The number of rotatable bonds is 3. The van der Waals surface area contributed by atoms with Crippen molar-refractivity contribution in [1.29, 1.82) is 0 Å². The second-order valence-corrected chi connectivity index (χ2v) is 3.55. The van der Waals surface area contributed by atoms with Gasteiger partial charge in [-0.05, 0) is 23.3 Å². The van der Waals surface area contributed by atoms with Crippen LogP contribution in [0.2, 0.25) is 0 Å². The lowest BCUT2D eigenvalue weighted by molar-refractivity contribution is 0.100. The molecule has 0 atom stereocenters. The van der Waals surface area contributed by atoms with Crippen molar-refractivity contribution in [3.63, 3.8) is 0 Å². The Hall–Kier alpha value is -2.29. The minimum Gasteiger partial charge on any atom is -0.496 e. The average Bonchev–Trinajstić information content (AvgIpc) is 2.39. The largest absolute Gasteiger partial charge is 0.496 e. The number of primary amides is 1. The van der Waals surface area contributed by atoms with E-state index < -0.39 is 5.91 Å². The molecule has 1 amide bonds. The number of carbonyl (C=O) groups is 1. The molecule has 85 valence electrons. The molecule has 0 unspecified atom stereocenters. The number of hydrogen-bond acceptors (Lipinski definition) is 2. The molecule has 3 heteroatoms. The van der Waals surface area contributed by atoms with Crippen LogP contribution in [-0.2, 0) is 0 Å². The third-order valence-corrected chi connectivity index (χ3v) is 2.47. The second-order valence-electron chi connectivity index (χ2n) is 3.55. The SMILES string of the molecule is COc1[c]c(C(N)=O)c(-c2ccccc2)cc1. The average molecular weight is 226 g/mol. The van der Waals surface area contributed by atoms with Gasteiger partial charge >= 0.3 is 0 Å². The van der Waals surface area contributed by atoms with Crippen LogP contribution >= 0.6 is 0 Å². The predicted octanol–water partition coefficient (Wildman–Crippen LogP) is 2.26. The lowest BCUT2D eigenvalue weighted by atomic mass is 9.99. The van der Waals surface area contributed by atoms with Crippen molar-refractivity contribution in [2.24, 2.45) is 5.73 Å². The maximum absolute atomic E-state index is 11.4. The molecule has 3 nitrogen and oxygen atoms in total. The Balaban J connectivity index is 2.58. The molecular weight excluding hydrogens is 214 g/mol. The summed E-state index contributed by atoms with van der Waals surface area (Å²) in [6, 6.07) is 16.0. The van der Waals surface area contributed by atoms with Gasteiger partial charge in [-0.3, -0.25) is 4.79 Å². The van der Waals surface area contributed by atoms with E-state index in [0.29, 0.717) is 11.3 Å². The summed E-state index contributed by atoms with van der Waals surface area (Å²) in [6.07, 6.45) is 0. The molecular formula is C14H12NO2. The van der Waals surface area contributed by atoms with Gasteiger partial charge in [-0.15, -0.1) is 0 Å². The first-order valence-electron chi connectivity index (χ1n) is 5.18. The van der Waals surface area contributed by atoms with Gasteiger partial charge in [-0.25, -0.2) is 0 Å². The fourth-order valence-electron chi connectivity index (χ4n) is 1.65. The number of hydrogen-bond donors (Lipinski definition) is 1. The van der Waals surface area contributed by atoms with Gasteiger partial charge in [-0.2, -0.15) is 0 Å². The van der Waals surface area contributed by atoms with E-state index in [1.807, 2.05) is 36.4 Å². The second kappa shape index (κ2) is 4.70. The Morgan fingerprint density at radius 1 is 1.18 bits per heavy atom. The molecule has 2 N–H and O–H groups in total. The highest BCUT2D eigenvalue weighted by Gasteiger charge is 2.11. The molecule has 0 fully saturated rings. The summed E-state index contributed by atoms with van der Waals surface area (Å²) in [7, 11) is 1.53. The van der Waals surface area contributed by atoms with Gasteiger partial charge in [0.05, 0.1) is 12.7 Å². The molecule has 17 heavy (non-hydrogen) atoms. The van der Waals surface area contributed by atoms with Crippen molar-refractivity contribution in [3.05, 3.63) is 54.1 Å². The van der Waals surface area contributed by atoms with E-state index in [-0.39, 0.29) is 0 Å². The van der Waals surface area contributed by atoms with E-state index in [1.54, 1.807) is 6.07 Å². The van der Waals surface area contributed by atoms with E-state index in [1.165, 1.54) is 7.11 Å². The zero-order valence-electron chi connectivity index (χ0n) is 9.44. The number of benzene rings is 2.